The molecule has 1 aliphatic carbocycles. The monoisotopic (exact) mass is 467 g/mol. The summed E-state index contributed by atoms with van der Waals surface area (Å²) in [6, 6.07) is 15.2. The number of rotatable bonds is 6. The van der Waals surface area contributed by atoms with Crippen molar-refractivity contribution in [3.05, 3.63) is 72.2 Å². The molecular formula is C26H25N7O2. The first-order valence-corrected chi connectivity index (χ1v) is 11.9. The summed E-state index contributed by atoms with van der Waals surface area (Å²) in [5.74, 6) is 1.97. The predicted molar refractivity (Wildman–Crippen MR) is 130 cm³/mol. The Morgan fingerprint density at radius 3 is 2.63 bits per heavy atom. The number of aromatic amines is 1. The van der Waals surface area contributed by atoms with Crippen LogP contribution in [0.5, 0.6) is 11.5 Å². The fraction of sp³-hybridized carbons (Fsp3) is 0.269. The first-order chi connectivity index (χ1) is 17.3. The van der Waals surface area contributed by atoms with E-state index >= 15 is 0 Å². The second-order valence-electron chi connectivity index (χ2n) is 8.92. The van der Waals surface area contributed by atoms with E-state index in [1.165, 1.54) is 25.0 Å². The van der Waals surface area contributed by atoms with Crippen LogP contribution in [0, 0.1) is 0 Å². The number of hydrogen-bond donors (Lipinski definition) is 2. The zero-order valence-electron chi connectivity index (χ0n) is 19.1. The number of phenols is 1. The van der Waals surface area contributed by atoms with Gasteiger partial charge in [-0.25, -0.2) is 14.6 Å². The van der Waals surface area contributed by atoms with Gasteiger partial charge in [-0.15, -0.1) is 5.10 Å². The molecule has 2 N–H and O–H groups in total. The van der Waals surface area contributed by atoms with E-state index in [2.05, 4.69) is 32.8 Å². The third-order valence-corrected chi connectivity index (χ3v) is 6.64. The van der Waals surface area contributed by atoms with Gasteiger partial charge >= 0.3 is 0 Å². The van der Waals surface area contributed by atoms with Gasteiger partial charge in [-0.1, -0.05) is 43.5 Å². The number of hydrogen-bond acceptors (Lipinski definition) is 7. The Morgan fingerprint density at radius 1 is 1.00 bits per heavy atom. The van der Waals surface area contributed by atoms with Gasteiger partial charge in [-0.3, -0.25) is 0 Å². The molecule has 0 atom stereocenters. The van der Waals surface area contributed by atoms with Crippen LogP contribution in [0.25, 0.3) is 28.2 Å². The Bertz CT molecular complexity index is 1440. The average Bonchev–Trinajstić information content (AvgIpc) is 3.58. The summed E-state index contributed by atoms with van der Waals surface area (Å²) in [4.78, 5) is 4.77. The van der Waals surface area contributed by atoms with Crippen LogP contribution in [0.1, 0.15) is 49.3 Å². The molecule has 176 valence electrons. The van der Waals surface area contributed by atoms with Crippen molar-refractivity contribution in [3.63, 3.8) is 0 Å². The molecule has 2 aromatic carbocycles. The second-order valence-corrected chi connectivity index (χ2v) is 8.92. The molecule has 9 nitrogen and oxygen atoms in total. The van der Waals surface area contributed by atoms with E-state index in [1.54, 1.807) is 18.3 Å². The zero-order chi connectivity index (χ0) is 23.6. The number of aromatic hydroxyl groups is 1. The van der Waals surface area contributed by atoms with Gasteiger partial charge in [-0.05, 0) is 58.7 Å². The third-order valence-electron chi connectivity index (χ3n) is 6.64. The largest absolute Gasteiger partial charge is 0.508 e. The number of nitrogens with zero attached hydrogens (tertiary/aromatic N) is 6. The minimum Gasteiger partial charge on any atom is -0.508 e. The van der Waals surface area contributed by atoms with Crippen LogP contribution in [-0.2, 0) is 6.61 Å². The maximum Gasteiger partial charge on any atom is 0.184 e. The van der Waals surface area contributed by atoms with Crippen molar-refractivity contribution in [2.45, 2.75) is 44.6 Å². The molecule has 35 heavy (non-hydrogen) atoms. The lowest BCUT2D eigenvalue weighted by Gasteiger charge is -2.25. The summed E-state index contributed by atoms with van der Waals surface area (Å²) >= 11 is 0. The van der Waals surface area contributed by atoms with Gasteiger partial charge in [0, 0.05) is 17.7 Å². The molecule has 0 radical (unpaired) electrons. The van der Waals surface area contributed by atoms with Crippen molar-refractivity contribution in [1.29, 1.82) is 0 Å². The third kappa shape index (κ3) is 4.21. The Kier molecular flexibility index (Phi) is 5.57. The lowest BCUT2D eigenvalue weighted by molar-refractivity contribution is 0.305. The summed E-state index contributed by atoms with van der Waals surface area (Å²) in [5, 5.41) is 28.6. The highest BCUT2D eigenvalue weighted by atomic mass is 16.5. The minimum atomic E-state index is 0.237. The number of benzene rings is 2. The quantitative estimate of drug-likeness (QED) is 0.365. The van der Waals surface area contributed by atoms with Gasteiger partial charge in [0.2, 0.25) is 0 Å². The van der Waals surface area contributed by atoms with Crippen LogP contribution >= 0.6 is 0 Å². The van der Waals surface area contributed by atoms with Gasteiger partial charge in [-0.2, -0.15) is 5.10 Å². The van der Waals surface area contributed by atoms with Crippen molar-refractivity contribution in [2.24, 2.45) is 0 Å². The van der Waals surface area contributed by atoms with E-state index in [-0.39, 0.29) is 5.75 Å². The highest BCUT2D eigenvalue weighted by molar-refractivity contribution is 5.75. The number of fused-ring (bicyclic) bond motifs is 1. The average molecular weight is 468 g/mol. The number of aromatic nitrogens is 7. The number of tetrazole rings is 1. The number of ether oxygens (including phenoxy) is 1. The summed E-state index contributed by atoms with van der Waals surface area (Å²) in [7, 11) is 0. The lowest BCUT2D eigenvalue weighted by Crippen LogP contribution is -2.12. The topological polar surface area (TPSA) is 114 Å². The Balaban J connectivity index is 1.34. The van der Waals surface area contributed by atoms with Gasteiger partial charge in [0.1, 0.15) is 18.1 Å². The van der Waals surface area contributed by atoms with E-state index in [0.29, 0.717) is 18.3 Å². The number of nitrogens with one attached hydrogen (secondary N) is 1. The van der Waals surface area contributed by atoms with Crippen LogP contribution < -0.4 is 4.74 Å². The molecule has 9 heteroatoms. The van der Waals surface area contributed by atoms with Crippen molar-refractivity contribution >= 4 is 5.65 Å². The molecule has 0 unspecified atom stereocenters. The molecule has 0 bridgehead atoms. The fourth-order valence-corrected chi connectivity index (χ4v) is 4.92. The Hall–Kier alpha value is -4.27. The van der Waals surface area contributed by atoms with Crippen molar-refractivity contribution < 1.29 is 9.84 Å². The van der Waals surface area contributed by atoms with Crippen LogP contribution in [0.3, 0.4) is 0 Å². The smallest absolute Gasteiger partial charge is 0.184 e. The summed E-state index contributed by atoms with van der Waals surface area (Å²) in [5.41, 5.74) is 5.78. The standard InChI is InChI=1S/C26H25N7O2/c34-20-8-4-5-17(13-20)16-35-21-11-9-18(10-12-21)22-14-27-26-23(25-29-31-32-30-25)15-28-33(26)24(22)19-6-2-1-3-7-19/h4-5,8-15,19,34H,1-3,6-7,16H2,(H,29,30,31,32). The normalized spacial score (nSPS) is 14.4. The molecule has 0 aliphatic heterocycles. The summed E-state index contributed by atoms with van der Waals surface area (Å²) in [6.45, 7) is 0.390. The minimum absolute atomic E-state index is 0.237. The Morgan fingerprint density at radius 2 is 1.86 bits per heavy atom. The maximum absolute atomic E-state index is 9.66. The molecule has 1 aliphatic rings. The lowest BCUT2D eigenvalue weighted by atomic mass is 9.84. The van der Waals surface area contributed by atoms with E-state index < -0.39 is 0 Å². The van der Waals surface area contributed by atoms with Gasteiger partial charge in [0.25, 0.3) is 0 Å². The maximum atomic E-state index is 9.66. The molecule has 3 heterocycles. The highest BCUT2D eigenvalue weighted by Gasteiger charge is 2.25. The molecule has 3 aromatic heterocycles. The van der Waals surface area contributed by atoms with E-state index in [1.807, 2.05) is 35.0 Å². The van der Waals surface area contributed by atoms with Gasteiger partial charge in [0.15, 0.2) is 11.5 Å². The number of H-pyrrole nitrogens is 1. The predicted octanol–water partition coefficient (Wildman–Crippen LogP) is 4.91. The molecule has 0 amide bonds. The van der Waals surface area contributed by atoms with E-state index in [4.69, 9.17) is 14.8 Å². The van der Waals surface area contributed by atoms with Crippen LogP contribution in [0.2, 0.25) is 0 Å². The first kappa shape index (κ1) is 21.3. The fourth-order valence-electron chi connectivity index (χ4n) is 4.92. The zero-order valence-corrected chi connectivity index (χ0v) is 19.1. The van der Waals surface area contributed by atoms with Crippen LogP contribution in [0.4, 0.5) is 0 Å². The van der Waals surface area contributed by atoms with E-state index in [9.17, 15) is 5.11 Å². The molecular weight excluding hydrogens is 442 g/mol. The van der Waals surface area contributed by atoms with Crippen LogP contribution in [-0.4, -0.2) is 40.3 Å². The van der Waals surface area contributed by atoms with Crippen molar-refractivity contribution in [1.82, 2.24) is 35.2 Å². The highest BCUT2D eigenvalue weighted by Crippen LogP contribution is 2.39. The SMILES string of the molecule is Oc1cccc(COc2ccc(-c3cnc4c(-c5nnn[nH]5)cnn4c3C3CCCCC3)cc2)c1. The van der Waals surface area contributed by atoms with Crippen molar-refractivity contribution in [3.8, 4) is 34.0 Å². The molecule has 6 rings (SSSR count). The van der Waals surface area contributed by atoms with Crippen molar-refractivity contribution in [2.75, 3.05) is 0 Å². The second kappa shape index (κ2) is 9.17. The molecule has 0 spiro atoms. The molecule has 0 saturated heterocycles. The van der Waals surface area contributed by atoms with Gasteiger partial charge in [0.05, 0.1) is 17.5 Å². The summed E-state index contributed by atoms with van der Waals surface area (Å²) < 4.78 is 7.90. The molecule has 1 fully saturated rings. The molecule has 1 saturated carbocycles. The Labute approximate surface area is 201 Å². The molecule has 5 aromatic rings. The first-order valence-electron chi connectivity index (χ1n) is 11.9. The van der Waals surface area contributed by atoms with Crippen LogP contribution in [0.15, 0.2) is 60.9 Å². The van der Waals surface area contributed by atoms with E-state index in [0.717, 1.165) is 46.5 Å². The summed E-state index contributed by atoms with van der Waals surface area (Å²) in [6.07, 6.45) is 9.70. The van der Waals surface area contributed by atoms with Gasteiger partial charge < -0.3 is 9.84 Å². The number of phenolic OH excluding ortho intramolecular Hbond substituents is 1.